The molecule has 1 aliphatic heterocycles. The van der Waals surface area contributed by atoms with E-state index in [0.717, 1.165) is 32.7 Å². The maximum atomic E-state index is 6.06. The first-order valence-electron chi connectivity index (χ1n) is 8.28. The number of nitrogens with two attached hydrogens (primary N) is 1. The average Bonchev–Trinajstić information content (AvgIpc) is 2.50. The van der Waals surface area contributed by atoms with Gasteiger partial charge in [0.2, 0.25) is 0 Å². The van der Waals surface area contributed by atoms with Crippen molar-refractivity contribution in [2.75, 3.05) is 37.6 Å². The van der Waals surface area contributed by atoms with Gasteiger partial charge in [-0.1, -0.05) is 25.5 Å². The fraction of sp³-hybridized carbons (Fsp3) is 0.667. The van der Waals surface area contributed by atoms with Gasteiger partial charge in [-0.3, -0.25) is 4.90 Å². The lowest BCUT2D eigenvalue weighted by atomic mass is 9.93. The molecule has 21 heavy (non-hydrogen) atoms. The Morgan fingerprint density at radius 1 is 1.14 bits per heavy atom. The molecule has 0 spiro atoms. The molecule has 0 aromatic heterocycles. The van der Waals surface area contributed by atoms with Crippen LogP contribution in [0.25, 0.3) is 0 Å². The molecule has 118 valence electrons. The van der Waals surface area contributed by atoms with Crippen LogP contribution in [0.2, 0.25) is 0 Å². The van der Waals surface area contributed by atoms with Crippen LogP contribution in [0.15, 0.2) is 18.2 Å². The molecule has 1 fully saturated rings. The van der Waals surface area contributed by atoms with Gasteiger partial charge < -0.3 is 10.6 Å². The van der Waals surface area contributed by atoms with Crippen LogP contribution in [0.4, 0.5) is 5.69 Å². The molecule has 0 amide bonds. The molecule has 1 aliphatic rings. The van der Waals surface area contributed by atoms with Crippen LogP contribution in [0.1, 0.15) is 37.8 Å². The van der Waals surface area contributed by atoms with Gasteiger partial charge in [-0.05, 0) is 44.4 Å². The summed E-state index contributed by atoms with van der Waals surface area (Å²) in [5, 5.41) is 0. The molecule has 0 bridgehead atoms. The number of anilines is 1. The fourth-order valence-electron chi connectivity index (χ4n) is 3.49. The van der Waals surface area contributed by atoms with E-state index in [-0.39, 0.29) is 5.54 Å². The molecule has 1 unspecified atom stereocenters. The van der Waals surface area contributed by atoms with Crippen LogP contribution < -0.4 is 10.6 Å². The second kappa shape index (κ2) is 6.80. The number of rotatable bonds is 5. The Hall–Kier alpha value is -1.06. The standard InChI is InChI=1S/C18H31N3/c1-5-9-18(4,14-19)21-12-10-20(11-13-21)17-8-6-7-15(2)16(17)3/h6-8H,5,9-14,19H2,1-4H3. The Kier molecular flexibility index (Phi) is 5.28. The molecule has 3 nitrogen and oxygen atoms in total. The maximum absolute atomic E-state index is 6.06. The van der Waals surface area contributed by atoms with Gasteiger partial charge in [0.15, 0.2) is 0 Å². The normalized spacial score (nSPS) is 19.6. The Morgan fingerprint density at radius 3 is 2.38 bits per heavy atom. The largest absolute Gasteiger partial charge is 0.369 e. The highest BCUT2D eigenvalue weighted by atomic mass is 15.3. The molecule has 0 radical (unpaired) electrons. The molecule has 1 heterocycles. The van der Waals surface area contributed by atoms with Crippen molar-refractivity contribution in [1.82, 2.24) is 4.90 Å². The van der Waals surface area contributed by atoms with Crippen LogP contribution in [-0.2, 0) is 0 Å². The molecular weight excluding hydrogens is 258 g/mol. The third-order valence-electron chi connectivity index (χ3n) is 5.19. The molecule has 2 N–H and O–H groups in total. The SMILES string of the molecule is CCCC(C)(CN)N1CCN(c2cccc(C)c2C)CC1. The quantitative estimate of drug-likeness (QED) is 0.904. The molecule has 3 heteroatoms. The van der Waals surface area contributed by atoms with E-state index in [0.29, 0.717) is 0 Å². The van der Waals surface area contributed by atoms with Crippen LogP contribution in [0, 0.1) is 13.8 Å². The first kappa shape index (κ1) is 16.3. The highest BCUT2D eigenvalue weighted by molar-refractivity contribution is 5.56. The van der Waals surface area contributed by atoms with Crippen molar-refractivity contribution in [3.63, 3.8) is 0 Å². The highest BCUT2D eigenvalue weighted by Crippen LogP contribution is 2.27. The van der Waals surface area contributed by atoms with E-state index >= 15 is 0 Å². The zero-order valence-corrected chi connectivity index (χ0v) is 14.2. The summed E-state index contributed by atoms with van der Waals surface area (Å²) in [6.45, 7) is 14.2. The number of nitrogens with zero attached hydrogens (tertiary/aromatic N) is 2. The predicted octanol–water partition coefficient (Wildman–Crippen LogP) is 2.94. The van der Waals surface area contributed by atoms with Crippen molar-refractivity contribution in [2.45, 2.75) is 46.1 Å². The van der Waals surface area contributed by atoms with Crippen LogP contribution >= 0.6 is 0 Å². The third kappa shape index (κ3) is 3.41. The van der Waals surface area contributed by atoms with E-state index in [1.807, 2.05) is 0 Å². The molecule has 1 atom stereocenters. The van der Waals surface area contributed by atoms with Gasteiger partial charge in [-0.15, -0.1) is 0 Å². The Balaban J connectivity index is 2.05. The van der Waals surface area contributed by atoms with E-state index < -0.39 is 0 Å². The van der Waals surface area contributed by atoms with Crippen molar-refractivity contribution < 1.29 is 0 Å². The zero-order valence-electron chi connectivity index (χ0n) is 14.2. The van der Waals surface area contributed by atoms with E-state index in [4.69, 9.17) is 5.73 Å². The molecule has 0 aliphatic carbocycles. The van der Waals surface area contributed by atoms with Crippen molar-refractivity contribution >= 4 is 5.69 Å². The van der Waals surface area contributed by atoms with E-state index in [9.17, 15) is 0 Å². The number of hydrogen-bond donors (Lipinski definition) is 1. The minimum absolute atomic E-state index is 0.169. The maximum Gasteiger partial charge on any atom is 0.0399 e. The van der Waals surface area contributed by atoms with Crippen LogP contribution in [0.5, 0.6) is 0 Å². The van der Waals surface area contributed by atoms with Gasteiger partial charge in [-0.25, -0.2) is 0 Å². The fourth-order valence-corrected chi connectivity index (χ4v) is 3.49. The zero-order chi connectivity index (χ0) is 15.5. The van der Waals surface area contributed by atoms with Gasteiger partial charge in [-0.2, -0.15) is 0 Å². The van der Waals surface area contributed by atoms with Gasteiger partial charge in [0.1, 0.15) is 0 Å². The molecule has 1 aromatic carbocycles. The summed E-state index contributed by atoms with van der Waals surface area (Å²) < 4.78 is 0. The minimum Gasteiger partial charge on any atom is -0.369 e. The van der Waals surface area contributed by atoms with Gasteiger partial charge in [0, 0.05) is 44.0 Å². The average molecular weight is 289 g/mol. The smallest absolute Gasteiger partial charge is 0.0399 e. The summed E-state index contributed by atoms with van der Waals surface area (Å²) >= 11 is 0. The van der Waals surface area contributed by atoms with Crippen LogP contribution in [-0.4, -0.2) is 43.2 Å². The van der Waals surface area contributed by atoms with E-state index in [1.54, 1.807) is 0 Å². The molecule has 0 saturated carbocycles. The second-order valence-corrected chi connectivity index (χ2v) is 6.64. The lowest BCUT2D eigenvalue weighted by molar-refractivity contribution is 0.0935. The number of benzene rings is 1. The van der Waals surface area contributed by atoms with Gasteiger partial charge in [0.25, 0.3) is 0 Å². The summed E-state index contributed by atoms with van der Waals surface area (Å²) in [6.07, 6.45) is 2.39. The first-order chi connectivity index (χ1) is 10.0. The Labute approximate surface area is 130 Å². The molecule has 2 rings (SSSR count). The summed E-state index contributed by atoms with van der Waals surface area (Å²) in [4.78, 5) is 5.12. The van der Waals surface area contributed by atoms with E-state index in [2.05, 4.69) is 55.7 Å². The van der Waals surface area contributed by atoms with Crippen molar-refractivity contribution in [1.29, 1.82) is 0 Å². The van der Waals surface area contributed by atoms with Crippen molar-refractivity contribution in [3.8, 4) is 0 Å². The summed E-state index contributed by atoms with van der Waals surface area (Å²) in [7, 11) is 0. The number of aryl methyl sites for hydroxylation is 1. The number of hydrogen-bond acceptors (Lipinski definition) is 3. The predicted molar refractivity (Wildman–Crippen MR) is 92.1 cm³/mol. The van der Waals surface area contributed by atoms with Gasteiger partial charge >= 0.3 is 0 Å². The first-order valence-corrected chi connectivity index (χ1v) is 8.28. The Bertz CT molecular complexity index is 464. The molecular formula is C18H31N3. The van der Waals surface area contributed by atoms with Crippen molar-refractivity contribution in [2.24, 2.45) is 5.73 Å². The Morgan fingerprint density at radius 2 is 1.81 bits per heavy atom. The molecule has 1 saturated heterocycles. The molecule has 1 aromatic rings. The van der Waals surface area contributed by atoms with E-state index in [1.165, 1.54) is 29.7 Å². The minimum atomic E-state index is 0.169. The lowest BCUT2D eigenvalue weighted by Crippen LogP contribution is -2.58. The second-order valence-electron chi connectivity index (χ2n) is 6.64. The lowest BCUT2D eigenvalue weighted by Gasteiger charge is -2.46. The highest BCUT2D eigenvalue weighted by Gasteiger charge is 2.32. The topological polar surface area (TPSA) is 32.5 Å². The monoisotopic (exact) mass is 289 g/mol. The summed E-state index contributed by atoms with van der Waals surface area (Å²) in [6, 6.07) is 6.62. The number of piperazine rings is 1. The summed E-state index contributed by atoms with van der Waals surface area (Å²) in [5.74, 6) is 0. The van der Waals surface area contributed by atoms with Gasteiger partial charge in [0.05, 0.1) is 0 Å². The van der Waals surface area contributed by atoms with Crippen LogP contribution in [0.3, 0.4) is 0 Å². The van der Waals surface area contributed by atoms with Crippen molar-refractivity contribution in [3.05, 3.63) is 29.3 Å². The third-order valence-corrected chi connectivity index (χ3v) is 5.19. The summed E-state index contributed by atoms with van der Waals surface area (Å²) in [5.41, 5.74) is 10.4.